The number of ketones is 1. The molecule has 0 saturated carbocycles. The second-order valence-corrected chi connectivity index (χ2v) is 5.98. The lowest BCUT2D eigenvalue weighted by atomic mass is 10.1. The summed E-state index contributed by atoms with van der Waals surface area (Å²) in [6.45, 7) is 1.90. The zero-order valence-electron chi connectivity index (χ0n) is 16.0. The number of hydrogen-bond donors (Lipinski definition) is 0. The largest absolute Gasteiger partial charge is 0.494 e. The maximum atomic E-state index is 13.8. The smallest absolute Gasteiger partial charge is 0.359 e. The number of carbonyl (C=O) groups excluding carboxylic acids is 2. The molecule has 0 atom stereocenters. The number of benzene rings is 2. The second kappa shape index (κ2) is 8.97. The van der Waals surface area contributed by atoms with Gasteiger partial charge in [-0.25, -0.2) is 13.9 Å². The van der Waals surface area contributed by atoms with Gasteiger partial charge in [0, 0.05) is 17.3 Å². The summed E-state index contributed by atoms with van der Waals surface area (Å²) in [7, 11) is 1.35. The van der Waals surface area contributed by atoms with E-state index in [-0.39, 0.29) is 23.6 Å². The monoisotopic (exact) mass is 394 g/mol. The summed E-state index contributed by atoms with van der Waals surface area (Å²) < 4.78 is 25.3. The van der Waals surface area contributed by atoms with Crippen molar-refractivity contribution < 1.29 is 23.5 Å². The van der Waals surface area contributed by atoms with Crippen LogP contribution in [0.2, 0.25) is 0 Å². The predicted octanol–water partition coefficient (Wildman–Crippen LogP) is 4.09. The first-order valence-corrected chi connectivity index (χ1v) is 8.91. The van der Waals surface area contributed by atoms with Crippen molar-refractivity contribution in [1.82, 2.24) is 9.78 Å². The molecule has 7 heteroatoms. The minimum absolute atomic E-state index is 0.0549. The molecule has 0 amide bonds. The van der Waals surface area contributed by atoms with Gasteiger partial charge < -0.3 is 9.47 Å². The Bertz CT molecular complexity index is 1060. The number of esters is 1. The number of aromatic nitrogens is 2. The molecule has 1 aromatic heterocycles. The topological polar surface area (TPSA) is 70.4 Å². The highest BCUT2D eigenvalue weighted by Crippen LogP contribution is 2.19. The molecule has 3 aromatic rings. The van der Waals surface area contributed by atoms with Crippen molar-refractivity contribution in [3.8, 4) is 11.4 Å². The van der Waals surface area contributed by atoms with Crippen molar-refractivity contribution >= 4 is 17.8 Å². The van der Waals surface area contributed by atoms with E-state index in [2.05, 4.69) is 5.10 Å². The molecular formula is C22H19FN2O4. The lowest BCUT2D eigenvalue weighted by Gasteiger charge is -2.02. The maximum absolute atomic E-state index is 13.8. The van der Waals surface area contributed by atoms with Gasteiger partial charge in [-0.05, 0) is 49.4 Å². The Morgan fingerprint density at radius 1 is 1.17 bits per heavy atom. The molecule has 148 valence electrons. The van der Waals surface area contributed by atoms with Crippen molar-refractivity contribution in [2.75, 3.05) is 13.7 Å². The Balaban J connectivity index is 1.92. The van der Waals surface area contributed by atoms with Gasteiger partial charge in [-0.3, -0.25) is 4.79 Å². The van der Waals surface area contributed by atoms with Gasteiger partial charge >= 0.3 is 5.97 Å². The van der Waals surface area contributed by atoms with E-state index in [1.807, 2.05) is 30.3 Å². The van der Waals surface area contributed by atoms with Gasteiger partial charge in [-0.15, -0.1) is 0 Å². The van der Waals surface area contributed by atoms with Crippen LogP contribution in [0.15, 0.2) is 60.8 Å². The Labute approximate surface area is 167 Å². The Morgan fingerprint density at radius 2 is 1.93 bits per heavy atom. The Morgan fingerprint density at radius 3 is 2.59 bits per heavy atom. The molecule has 29 heavy (non-hydrogen) atoms. The predicted molar refractivity (Wildman–Crippen MR) is 106 cm³/mol. The van der Waals surface area contributed by atoms with Gasteiger partial charge in [-0.2, -0.15) is 5.10 Å². The molecule has 0 saturated heterocycles. The number of para-hydroxylation sites is 1. The maximum Gasteiger partial charge on any atom is 0.359 e. The fourth-order valence-electron chi connectivity index (χ4n) is 2.66. The number of rotatable bonds is 7. The van der Waals surface area contributed by atoms with Crippen LogP contribution in [0.4, 0.5) is 4.39 Å². The molecule has 0 spiro atoms. The number of nitrogens with zero attached hydrogens (tertiary/aromatic N) is 2. The van der Waals surface area contributed by atoms with E-state index in [0.29, 0.717) is 5.56 Å². The van der Waals surface area contributed by atoms with Crippen molar-refractivity contribution in [1.29, 1.82) is 0 Å². The zero-order valence-corrected chi connectivity index (χ0v) is 16.0. The van der Waals surface area contributed by atoms with E-state index in [9.17, 15) is 14.0 Å². The van der Waals surface area contributed by atoms with Gasteiger partial charge in [-0.1, -0.05) is 18.2 Å². The van der Waals surface area contributed by atoms with Crippen molar-refractivity contribution in [2.24, 2.45) is 0 Å². The summed E-state index contributed by atoms with van der Waals surface area (Å²) in [4.78, 5) is 24.7. The summed E-state index contributed by atoms with van der Waals surface area (Å²) in [5.74, 6) is -1.59. The van der Waals surface area contributed by atoms with Crippen LogP contribution in [0.5, 0.6) is 5.75 Å². The van der Waals surface area contributed by atoms with E-state index in [0.717, 1.165) is 11.8 Å². The van der Waals surface area contributed by atoms with Crippen LogP contribution < -0.4 is 4.74 Å². The molecule has 0 N–H and O–H groups in total. The number of halogens is 1. The van der Waals surface area contributed by atoms with Crippen molar-refractivity contribution in [3.63, 3.8) is 0 Å². The molecule has 0 aliphatic heterocycles. The average Bonchev–Trinajstić information content (AvgIpc) is 3.17. The van der Waals surface area contributed by atoms with Crippen LogP contribution in [-0.4, -0.2) is 35.2 Å². The third-order valence-corrected chi connectivity index (χ3v) is 4.08. The number of methoxy groups -OCH3 is 1. The quantitative estimate of drug-likeness (QED) is 0.343. The Kier molecular flexibility index (Phi) is 6.19. The summed E-state index contributed by atoms with van der Waals surface area (Å²) in [6, 6.07) is 13.2. The third-order valence-electron chi connectivity index (χ3n) is 4.08. The molecule has 0 fully saturated rings. The van der Waals surface area contributed by atoms with Crippen LogP contribution in [0.25, 0.3) is 11.8 Å². The van der Waals surface area contributed by atoms with Crippen LogP contribution in [0, 0.1) is 5.82 Å². The Hall–Kier alpha value is -3.74. The standard InChI is InChI=1S/C22H19FN2O4/c1-3-29-22(27)21-16(14-25(24-21)17-7-5-4-6-8-17)9-11-19(26)15-10-12-20(28-2)18(23)13-15/h4-14H,3H2,1-2H3/b11-9+. The van der Waals surface area contributed by atoms with Gasteiger partial charge in [0.1, 0.15) is 0 Å². The lowest BCUT2D eigenvalue weighted by Crippen LogP contribution is -2.08. The van der Waals surface area contributed by atoms with Gasteiger partial charge in [0.25, 0.3) is 0 Å². The molecule has 0 bridgehead atoms. The summed E-state index contributed by atoms with van der Waals surface area (Å²) >= 11 is 0. The van der Waals surface area contributed by atoms with Crippen molar-refractivity contribution in [2.45, 2.75) is 6.92 Å². The fraction of sp³-hybridized carbons (Fsp3) is 0.136. The molecule has 0 aliphatic carbocycles. The average molecular weight is 394 g/mol. The molecule has 0 radical (unpaired) electrons. The first-order chi connectivity index (χ1) is 14.0. The lowest BCUT2D eigenvalue weighted by molar-refractivity contribution is 0.0518. The second-order valence-electron chi connectivity index (χ2n) is 5.98. The first-order valence-electron chi connectivity index (χ1n) is 8.91. The third kappa shape index (κ3) is 4.57. The summed E-state index contributed by atoms with van der Waals surface area (Å²) in [5.41, 5.74) is 1.41. The molecule has 3 rings (SSSR count). The normalized spacial score (nSPS) is 10.9. The molecule has 0 unspecified atom stereocenters. The summed E-state index contributed by atoms with van der Waals surface area (Å²) in [5, 5.41) is 4.29. The highest BCUT2D eigenvalue weighted by atomic mass is 19.1. The van der Waals surface area contributed by atoms with Gasteiger partial charge in [0.2, 0.25) is 0 Å². The minimum atomic E-state index is -0.629. The van der Waals surface area contributed by atoms with E-state index in [1.54, 1.807) is 13.1 Å². The minimum Gasteiger partial charge on any atom is -0.494 e. The highest BCUT2D eigenvalue weighted by Gasteiger charge is 2.17. The molecule has 1 heterocycles. The molecular weight excluding hydrogens is 375 g/mol. The van der Waals surface area contributed by atoms with E-state index in [4.69, 9.17) is 9.47 Å². The number of hydrogen-bond acceptors (Lipinski definition) is 5. The van der Waals surface area contributed by atoms with E-state index >= 15 is 0 Å². The highest BCUT2D eigenvalue weighted by molar-refractivity contribution is 6.07. The molecule has 2 aromatic carbocycles. The number of carbonyl (C=O) groups is 2. The fourth-order valence-corrected chi connectivity index (χ4v) is 2.66. The van der Waals surface area contributed by atoms with Crippen LogP contribution in [0.3, 0.4) is 0 Å². The summed E-state index contributed by atoms with van der Waals surface area (Å²) in [6.07, 6.45) is 4.35. The van der Waals surface area contributed by atoms with Crippen LogP contribution in [0.1, 0.15) is 33.3 Å². The van der Waals surface area contributed by atoms with Crippen LogP contribution >= 0.6 is 0 Å². The number of allylic oxidation sites excluding steroid dienone is 1. The van der Waals surface area contributed by atoms with Gasteiger partial charge in [0.15, 0.2) is 23.0 Å². The SMILES string of the molecule is CCOC(=O)c1nn(-c2ccccc2)cc1/C=C/C(=O)c1ccc(OC)c(F)c1. The molecule has 0 aliphatic rings. The zero-order chi connectivity index (χ0) is 20.8. The van der Waals surface area contributed by atoms with E-state index < -0.39 is 17.6 Å². The molecule has 6 nitrogen and oxygen atoms in total. The van der Waals surface area contributed by atoms with Gasteiger partial charge in [0.05, 0.1) is 19.4 Å². The van der Waals surface area contributed by atoms with E-state index in [1.165, 1.54) is 36.1 Å². The number of ether oxygens (including phenoxy) is 2. The first kappa shape index (κ1) is 20.0. The van der Waals surface area contributed by atoms with Crippen LogP contribution in [-0.2, 0) is 4.74 Å². The van der Waals surface area contributed by atoms with Crippen molar-refractivity contribution in [3.05, 3.63) is 83.4 Å².